The molecule has 0 bridgehead atoms. The molecule has 0 heterocycles. The summed E-state index contributed by atoms with van der Waals surface area (Å²) < 4.78 is 53.5. The summed E-state index contributed by atoms with van der Waals surface area (Å²) in [6.07, 6.45) is 0. The molecule has 0 aliphatic heterocycles. The molecule has 0 radical (unpaired) electrons. The zero-order valence-corrected chi connectivity index (χ0v) is 11.9. The van der Waals surface area contributed by atoms with Crippen molar-refractivity contribution in [3.8, 4) is 0 Å². The lowest BCUT2D eigenvalue weighted by Crippen LogP contribution is -2.10. The molecular formula is C14H10BrF4N. The van der Waals surface area contributed by atoms with Gasteiger partial charge in [0.25, 0.3) is 0 Å². The van der Waals surface area contributed by atoms with E-state index >= 15 is 0 Å². The minimum atomic E-state index is -0.811. The van der Waals surface area contributed by atoms with E-state index in [4.69, 9.17) is 0 Å². The first kappa shape index (κ1) is 14.8. The van der Waals surface area contributed by atoms with Crippen LogP contribution in [0.15, 0.2) is 34.8 Å². The molecule has 0 amide bonds. The third kappa shape index (κ3) is 3.12. The fourth-order valence-electron chi connectivity index (χ4n) is 1.79. The Bertz CT molecular complexity index is 645. The molecule has 0 fully saturated rings. The molecule has 2 aromatic rings. The third-order valence-corrected chi connectivity index (χ3v) is 3.41. The number of hydrogen-bond donors (Lipinski definition) is 1. The van der Waals surface area contributed by atoms with Crippen LogP contribution in [0.5, 0.6) is 0 Å². The zero-order valence-electron chi connectivity index (χ0n) is 10.4. The van der Waals surface area contributed by atoms with Gasteiger partial charge in [0.1, 0.15) is 23.3 Å². The van der Waals surface area contributed by atoms with Crippen molar-refractivity contribution in [3.05, 3.63) is 63.6 Å². The van der Waals surface area contributed by atoms with Crippen LogP contribution in [-0.4, -0.2) is 0 Å². The SMILES string of the molecule is CC(Nc1cc(Br)c(F)cc1F)c1cc(F)ccc1F. The second-order valence-electron chi connectivity index (χ2n) is 4.28. The lowest BCUT2D eigenvalue weighted by Gasteiger charge is -2.17. The van der Waals surface area contributed by atoms with Crippen molar-refractivity contribution < 1.29 is 17.6 Å². The van der Waals surface area contributed by atoms with Crippen LogP contribution >= 0.6 is 15.9 Å². The predicted octanol–water partition coefficient (Wildman–Crippen LogP) is 5.18. The highest BCUT2D eigenvalue weighted by Gasteiger charge is 2.15. The van der Waals surface area contributed by atoms with Gasteiger partial charge >= 0.3 is 0 Å². The molecule has 106 valence electrons. The van der Waals surface area contributed by atoms with Gasteiger partial charge in [-0.2, -0.15) is 0 Å². The normalized spacial score (nSPS) is 12.3. The summed E-state index contributed by atoms with van der Waals surface area (Å²) in [5.41, 5.74) is 0.0549. The van der Waals surface area contributed by atoms with Gasteiger partial charge in [-0.05, 0) is 47.1 Å². The Morgan fingerprint density at radius 3 is 2.35 bits per heavy atom. The van der Waals surface area contributed by atoms with Gasteiger partial charge in [-0.3, -0.25) is 0 Å². The van der Waals surface area contributed by atoms with Crippen LogP contribution in [0.25, 0.3) is 0 Å². The molecule has 20 heavy (non-hydrogen) atoms. The van der Waals surface area contributed by atoms with E-state index in [9.17, 15) is 17.6 Å². The van der Waals surface area contributed by atoms with E-state index in [-0.39, 0.29) is 15.7 Å². The van der Waals surface area contributed by atoms with Crippen LogP contribution < -0.4 is 5.32 Å². The fraction of sp³-hybridized carbons (Fsp3) is 0.143. The quantitative estimate of drug-likeness (QED) is 0.595. The van der Waals surface area contributed by atoms with Crippen molar-refractivity contribution in [3.63, 3.8) is 0 Å². The fourth-order valence-corrected chi connectivity index (χ4v) is 2.13. The summed E-state index contributed by atoms with van der Waals surface area (Å²) in [7, 11) is 0. The van der Waals surface area contributed by atoms with Crippen LogP contribution in [0.4, 0.5) is 23.2 Å². The van der Waals surface area contributed by atoms with Crippen LogP contribution in [0, 0.1) is 23.3 Å². The smallest absolute Gasteiger partial charge is 0.149 e. The van der Waals surface area contributed by atoms with E-state index in [1.54, 1.807) is 6.92 Å². The molecule has 0 aromatic heterocycles. The van der Waals surface area contributed by atoms with Crippen LogP contribution in [0.1, 0.15) is 18.5 Å². The number of rotatable bonds is 3. The minimum absolute atomic E-state index is 0.00515. The Morgan fingerprint density at radius 1 is 0.950 bits per heavy atom. The summed E-state index contributed by atoms with van der Waals surface area (Å²) in [4.78, 5) is 0. The number of hydrogen-bond acceptors (Lipinski definition) is 1. The van der Waals surface area contributed by atoms with E-state index in [0.29, 0.717) is 6.07 Å². The summed E-state index contributed by atoms with van der Waals surface area (Å²) in [6, 6.07) is 4.26. The van der Waals surface area contributed by atoms with Crippen LogP contribution in [0.3, 0.4) is 0 Å². The number of benzene rings is 2. The van der Waals surface area contributed by atoms with Crippen LogP contribution in [0.2, 0.25) is 0 Å². The average molecular weight is 348 g/mol. The third-order valence-electron chi connectivity index (χ3n) is 2.81. The topological polar surface area (TPSA) is 12.0 Å². The Morgan fingerprint density at radius 2 is 1.65 bits per heavy atom. The van der Waals surface area contributed by atoms with E-state index in [1.807, 2.05) is 0 Å². The molecule has 0 saturated heterocycles. The summed E-state index contributed by atoms with van der Waals surface area (Å²) >= 11 is 2.94. The molecule has 2 aromatic carbocycles. The minimum Gasteiger partial charge on any atom is -0.376 e. The van der Waals surface area contributed by atoms with Crippen molar-refractivity contribution in [1.29, 1.82) is 0 Å². The molecule has 6 heteroatoms. The maximum absolute atomic E-state index is 13.6. The van der Waals surface area contributed by atoms with Crippen molar-refractivity contribution in [2.45, 2.75) is 13.0 Å². The van der Waals surface area contributed by atoms with Crippen molar-refractivity contribution in [2.75, 3.05) is 5.32 Å². The maximum Gasteiger partial charge on any atom is 0.149 e. The van der Waals surface area contributed by atoms with Crippen LogP contribution in [-0.2, 0) is 0 Å². The average Bonchev–Trinajstić information content (AvgIpc) is 2.38. The Balaban J connectivity index is 2.30. The molecule has 1 nitrogen and oxygen atoms in total. The highest BCUT2D eigenvalue weighted by atomic mass is 79.9. The largest absolute Gasteiger partial charge is 0.376 e. The molecule has 0 saturated carbocycles. The number of anilines is 1. The molecular weight excluding hydrogens is 338 g/mol. The Labute approximate surface area is 121 Å². The Kier molecular flexibility index (Phi) is 4.32. The van der Waals surface area contributed by atoms with Crippen molar-refractivity contribution in [1.82, 2.24) is 0 Å². The predicted molar refractivity (Wildman–Crippen MR) is 72.5 cm³/mol. The number of nitrogens with one attached hydrogen (secondary N) is 1. The first-order chi connectivity index (χ1) is 9.38. The van der Waals surface area contributed by atoms with Gasteiger partial charge in [-0.1, -0.05) is 0 Å². The zero-order chi connectivity index (χ0) is 14.9. The Hall–Kier alpha value is -1.56. The maximum atomic E-state index is 13.6. The van der Waals surface area contributed by atoms with Gasteiger partial charge in [0.05, 0.1) is 16.2 Å². The molecule has 1 N–H and O–H groups in total. The lowest BCUT2D eigenvalue weighted by molar-refractivity contribution is 0.570. The van der Waals surface area contributed by atoms with Crippen molar-refractivity contribution in [2.24, 2.45) is 0 Å². The molecule has 0 spiro atoms. The van der Waals surface area contributed by atoms with Gasteiger partial charge in [0, 0.05) is 11.6 Å². The van der Waals surface area contributed by atoms with E-state index < -0.39 is 29.3 Å². The summed E-state index contributed by atoms with van der Waals surface area (Å²) in [6.45, 7) is 1.55. The van der Waals surface area contributed by atoms with E-state index in [1.165, 1.54) is 6.07 Å². The molecule has 1 atom stereocenters. The van der Waals surface area contributed by atoms with Gasteiger partial charge in [-0.15, -0.1) is 0 Å². The standard InChI is InChI=1S/C14H10BrF4N/c1-7(9-4-8(16)2-3-11(9)17)20-14-5-10(15)12(18)6-13(14)19/h2-7,20H,1H3. The van der Waals surface area contributed by atoms with Crippen molar-refractivity contribution >= 4 is 21.6 Å². The van der Waals surface area contributed by atoms with Gasteiger partial charge in [-0.25, -0.2) is 17.6 Å². The second kappa shape index (κ2) is 5.83. The highest BCUT2D eigenvalue weighted by molar-refractivity contribution is 9.10. The second-order valence-corrected chi connectivity index (χ2v) is 5.13. The first-order valence-electron chi connectivity index (χ1n) is 5.74. The molecule has 0 aliphatic carbocycles. The van der Waals surface area contributed by atoms with Gasteiger partial charge in [0.15, 0.2) is 0 Å². The number of halogens is 5. The monoisotopic (exact) mass is 347 g/mol. The molecule has 2 rings (SSSR count). The van der Waals surface area contributed by atoms with E-state index in [0.717, 1.165) is 18.2 Å². The summed E-state index contributed by atoms with van der Waals surface area (Å²) in [5.74, 6) is -2.74. The molecule has 0 aliphatic rings. The van der Waals surface area contributed by atoms with Gasteiger partial charge in [0.2, 0.25) is 0 Å². The van der Waals surface area contributed by atoms with Gasteiger partial charge < -0.3 is 5.32 Å². The first-order valence-corrected chi connectivity index (χ1v) is 6.54. The summed E-state index contributed by atoms with van der Waals surface area (Å²) in [5, 5.41) is 2.68. The van der Waals surface area contributed by atoms with E-state index in [2.05, 4.69) is 21.2 Å². The molecule has 1 unspecified atom stereocenters. The highest BCUT2D eigenvalue weighted by Crippen LogP contribution is 2.28. The lowest BCUT2D eigenvalue weighted by atomic mass is 10.1.